The topological polar surface area (TPSA) is 102 Å². The summed E-state index contributed by atoms with van der Waals surface area (Å²) in [6, 6.07) is 5.03. The number of thioether (sulfide) groups is 1. The SMILES string of the molecule is CCNCC1CCSc2[nH]c3ccc(F)cc3c21.O=C(O)C(=O)O. The molecule has 1 aromatic carbocycles. The molecule has 4 N–H and O–H groups in total. The molecule has 1 aliphatic rings. The van der Waals surface area contributed by atoms with Gasteiger partial charge in [0.25, 0.3) is 0 Å². The fourth-order valence-electron chi connectivity index (χ4n) is 2.65. The first kappa shape index (κ1) is 18.3. The van der Waals surface area contributed by atoms with E-state index >= 15 is 0 Å². The van der Waals surface area contributed by atoms with Gasteiger partial charge in [-0.05, 0) is 36.7 Å². The van der Waals surface area contributed by atoms with Gasteiger partial charge in [0.15, 0.2) is 0 Å². The minimum atomic E-state index is -1.82. The molecule has 130 valence electrons. The van der Waals surface area contributed by atoms with Gasteiger partial charge in [0.2, 0.25) is 0 Å². The van der Waals surface area contributed by atoms with Crippen LogP contribution in [0.25, 0.3) is 10.9 Å². The Labute approximate surface area is 142 Å². The number of carbonyl (C=O) groups is 2. The number of rotatable bonds is 3. The normalized spacial score (nSPS) is 16.2. The molecule has 0 saturated heterocycles. The Bertz CT molecular complexity index is 735. The van der Waals surface area contributed by atoms with Crippen molar-refractivity contribution in [3.8, 4) is 0 Å². The molecule has 6 nitrogen and oxygen atoms in total. The lowest BCUT2D eigenvalue weighted by Crippen LogP contribution is -2.23. The van der Waals surface area contributed by atoms with Crippen molar-refractivity contribution in [2.24, 2.45) is 0 Å². The highest BCUT2D eigenvalue weighted by atomic mass is 32.2. The Morgan fingerprint density at radius 2 is 2.08 bits per heavy atom. The third kappa shape index (κ3) is 4.27. The minimum Gasteiger partial charge on any atom is -0.473 e. The van der Waals surface area contributed by atoms with Gasteiger partial charge in [-0.25, -0.2) is 14.0 Å². The Morgan fingerprint density at radius 1 is 1.38 bits per heavy atom. The summed E-state index contributed by atoms with van der Waals surface area (Å²) in [5, 5.41) is 20.5. The zero-order chi connectivity index (χ0) is 17.7. The summed E-state index contributed by atoms with van der Waals surface area (Å²) in [6.45, 7) is 4.08. The summed E-state index contributed by atoms with van der Waals surface area (Å²) in [5.74, 6) is -2.16. The molecule has 3 rings (SSSR count). The van der Waals surface area contributed by atoms with Gasteiger partial charge in [0.05, 0.1) is 5.03 Å². The average molecular weight is 354 g/mol. The number of aromatic amines is 1. The van der Waals surface area contributed by atoms with E-state index in [1.165, 1.54) is 16.7 Å². The third-order valence-electron chi connectivity index (χ3n) is 3.71. The van der Waals surface area contributed by atoms with E-state index in [1.54, 1.807) is 6.07 Å². The molecule has 8 heteroatoms. The summed E-state index contributed by atoms with van der Waals surface area (Å²) in [6.07, 6.45) is 1.16. The van der Waals surface area contributed by atoms with E-state index in [-0.39, 0.29) is 5.82 Å². The van der Waals surface area contributed by atoms with E-state index in [0.717, 1.165) is 36.2 Å². The second-order valence-electron chi connectivity index (χ2n) is 5.31. The first-order chi connectivity index (χ1) is 11.4. The lowest BCUT2D eigenvalue weighted by molar-refractivity contribution is -0.159. The summed E-state index contributed by atoms with van der Waals surface area (Å²) in [7, 11) is 0. The number of halogens is 1. The molecular formula is C16H19FN2O4S. The molecule has 0 saturated carbocycles. The monoisotopic (exact) mass is 354 g/mol. The molecule has 0 bridgehead atoms. The lowest BCUT2D eigenvalue weighted by atomic mass is 9.95. The molecule has 2 aromatic rings. The number of aliphatic carboxylic acids is 2. The smallest absolute Gasteiger partial charge is 0.414 e. The van der Waals surface area contributed by atoms with Gasteiger partial charge in [-0.3, -0.25) is 0 Å². The number of nitrogens with one attached hydrogen (secondary N) is 2. The highest BCUT2D eigenvalue weighted by Crippen LogP contribution is 2.41. The van der Waals surface area contributed by atoms with Gasteiger partial charge in [-0.1, -0.05) is 6.92 Å². The summed E-state index contributed by atoms with van der Waals surface area (Å²) in [5.41, 5.74) is 2.36. The number of carboxylic acid groups (broad SMARTS) is 2. The number of fused-ring (bicyclic) bond motifs is 3. The van der Waals surface area contributed by atoms with Crippen LogP contribution in [0.15, 0.2) is 23.2 Å². The molecule has 0 fully saturated rings. The van der Waals surface area contributed by atoms with Crippen molar-refractivity contribution < 1.29 is 24.2 Å². The van der Waals surface area contributed by atoms with Crippen LogP contribution in [0.1, 0.15) is 24.8 Å². The van der Waals surface area contributed by atoms with Crippen molar-refractivity contribution in [1.29, 1.82) is 0 Å². The maximum absolute atomic E-state index is 13.4. The number of hydrogen-bond donors (Lipinski definition) is 4. The molecule has 1 aliphatic heterocycles. The van der Waals surface area contributed by atoms with Crippen LogP contribution in [-0.4, -0.2) is 46.0 Å². The number of hydrogen-bond acceptors (Lipinski definition) is 4. The first-order valence-corrected chi connectivity index (χ1v) is 8.53. The van der Waals surface area contributed by atoms with Crippen LogP contribution in [0.3, 0.4) is 0 Å². The molecule has 1 aromatic heterocycles. The minimum absolute atomic E-state index is 0.151. The predicted octanol–water partition coefficient (Wildman–Crippen LogP) is 2.65. The van der Waals surface area contributed by atoms with Gasteiger partial charge in [0.1, 0.15) is 5.82 Å². The van der Waals surface area contributed by atoms with Crippen LogP contribution >= 0.6 is 11.8 Å². The van der Waals surface area contributed by atoms with Crippen LogP contribution in [0, 0.1) is 5.82 Å². The third-order valence-corrected chi connectivity index (χ3v) is 4.76. The zero-order valence-corrected chi connectivity index (χ0v) is 14.0. The van der Waals surface area contributed by atoms with Crippen molar-refractivity contribution >= 4 is 34.6 Å². The van der Waals surface area contributed by atoms with Crippen LogP contribution in [0.5, 0.6) is 0 Å². The molecule has 0 aliphatic carbocycles. The highest BCUT2D eigenvalue weighted by Gasteiger charge is 2.25. The van der Waals surface area contributed by atoms with Gasteiger partial charge in [-0.2, -0.15) is 0 Å². The Morgan fingerprint density at radius 3 is 2.71 bits per heavy atom. The number of likely N-dealkylation sites (N-methyl/N-ethyl adjacent to an activating group) is 1. The fraction of sp³-hybridized carbons (Fsp3) is 0.375. The summed E-state index contributed by atoms with van der Waals surface area (Å²) in [4.78, 5) is 21.6. The predicted molar refractivity (Wildman–Crippen MR) is 90.2 cm³/mol. The van der Waals surface area contributed by atoms with Crippen molar-refractivity contribution in [1.82, 2.24) is 10.3 Å². The molecule has 0 spiro atoms. The van der Waals surface area contributed by atoms with Crippen LogP contribution < -0.4 is 5.32 Å². The van der Waals surface area contributed by atoms with Crippen molar-refractivity contribution in [3.63, 3.8) is 0 Å². The van der Waals surface area contributed by atoms with E-state index in [4.69, 9.17) is 19.8 Å². The van der Waals surface area contributed by atoms with E-state index in [9.17, 15) is 4.39 Å². The molecule has 0 amide bonds. The van der Waals surface area contributed by atoms with Gasteiger partial charge < -0.3 is 20.5 Å². The standard InChI is InChI=1S/C14H17FN2S.C2H2O4/c1-2-16-8-9-5-6-18-14-13(9)11-7-10(15)3-4-12(11)17-14;3-1(4)2(5)6/h3-4,7,9,16-17H,2,5-6,8H2,1H3;(H,3,4)(H,5,6). The van der Waals surface area contributed by atoms with Crippen molar-refractivity contribution in [2.45, 2.75) is 24.3 Å². The quantitative estimate of drug-likeness (QED) is 0.632. The van der Waals surface area contributed by atoms with Crippen molar-refractivity contribution in [3.05, 3.63) is 29.6 Å². The van der Waals surface area contributed by atoms with E-state index in [0.29, 0.717) is 5.92 Å². The number of benzene rings is 1. The number of H-pyrrole nitrogens is 1. The van der Waals surface area contributed by atoms with Gasteiger partial charge >= 0.3 is 11.9 Å². The van der Waals surface area contributed by atoms with Gasteiger partial charge in [0, 0.05) is 29.1 Å². The highest BCUT2D eigenvalue weighted by molar-refractivity contribution is 7.99. The fourth-order valence-corrected chi connectivity index (χ4v) is 3.87. The van der Waals surface area contributed by atoms with E-state index < -0.39 is 11.9 Å². The molecule has 24 heavy (non-hydrogen) atoms. The lowest BCUT2D eigenvalue weighted by Gasteiger charge is -2.22. The largest absolute Gasteiger partial charge is 0.473 e. The zero-order valence-electron chi connectivity index (χ0n) is 13.1. The molecule has 1 unspecified atom stereocenters. The first-order valence-electron chi connectivity index (χ1n) is 7.54. The van der Waals surface area contributed by atoms with Crippen LogP contribution in [0.2, 0.25) is 0 Å². The maximum atomic E-state index is 13.4. The number of aromatic nitrogens is 1. The summed E-state index contributed by atoms with van der Waals surface area (Å²) < 4.78 is 13.4. The van der Waals surface area contributed by atoms with Crippen LogP contribution in [0.4, 0.5) is 4.39 Å². The Hall–Kier alpha value is -2.06. The van der Waals surface area contributed by atoms with Crippen LogP contribution in [-0.2, 0) is 9.59 Å². The van der Waals surface area contributed by atoms with E-state index in [1.807, 2.05) is 17.8 Å². The average Bonchev–Trinajstić information content (AvgIpc) is 2.91. The second kappa shape index (κ2) is 8.16. The Balaban J connectivity index is 0.000000301. The molecule has 1 atom stereocenters. The Kier molecular flexibility index (Phi) is 6.22. The number of carboxylic acids is 2. The van der Waals surface area contributed by atoms with Crippen molar-refractivity contribution in [2.75, 3.05) is 18.8 Å². The van der Waals surface area contributed by atoms with Gasteiger partial charge in [-0.15, -0.1) is 11.8 Å². The maximum Gasteiger partial charge on any atom is 0.414 e. The molecule has 2 heterocycles. The second-order valence-corrected chi connectivity index (χ2v) is 6.41. The molecule has 0 radical (unpaired) electrons. The summed E-state index contributed by atoms with van der Waals surface area (Å²) >= 11 is 1.85. The van der Waals surface area contributed by atoms with E-state index in [2.05, 4.69) is 17.2 Å². The molecular weight excluding hydrogens is 335 g/mol.